The van der Waals surface area contributed by atoms with E-state index in [0.717, 1.165) is 30.0 Å². The fourth-order valence-electron chi connectivity index (χ4n) is 4.16. The lowest BCUT2D eigenvalue weighted by molar-refractivity contribution is 0.0950. The molecule has 1 unspecified atom stereocenters. The highest BCUT2D eigenvalue weighted by Crippen LogP contribution is 2.34. The number of fused-ring (bicyclic) bond motifs is 1. The number of morpholine rings is 1. The lowest BCUT2D eigenvalue weighted by Crippen LogP contribution is -2.37. The van der Waals surface area contributed by atoms with E-state index in [1.807, 2.05) is 19.1 Å². The van der Waals surface area contributed by atoms with E-state index in [1.165, 1.54) is 10.6 Å². The van der Waals surface area contributed by atoms with Gasteiger partial charge in [0.25, 0.3) is 5.91 Å². The number of ether oxygens (including phenoxy) is 1. The Balaban J connectivity index is 1.48. The van der Waals surface area contributed by atoms with Crippen molar-refractivity contribution in [1.82, 2.24) is 10.3 Å². The number of anilines is 2. The minimum Gasteiger partial charge on any atom is -0.378 e. The standard InChI is InChI=1S/C21H26N4O4S/c1-15-12-18-13-16(5-6-19(18)25(15)30(2,27)28)21(26)23-14-17-4-3-7-22-20(17)24-8-10-29-11-9-24/h3-7,13,15H,8-12,14H2,1-2H3,(H,23,26). The van der Waals surface area contributed by atoms with Crippen molar-refractivity contribution >= 4 is 27.4 Å². The number of nitrogens with one attached hydrogen (secondary N) is 1. The van der Waals surface area contributed by atoms with E-state index in [-0.39, 0.29) is 11.9 Å². The molecule has 1 amide bonds. The maximum atomic E-state index is 12.8. The van der Waals surface area contributed by atoms with E-state index in [4.69, 9.17) is 4.74 Å². The fraction of sp³-hybridized carbons (Fsp3) is 0.429. The summed E-state index contributed by atoms with van der Waals surface area (Å²) < 4.78 is 31.0. The van der Waals surface area contributed by atoms with Crippen LogP contribution >= 0.6 is 0 Å². The van der Waals surface area contributed by atoms with Gasteiger partial charge in [-0.25, -0.2) is 13.4 Å². The van der Waals surface area contributed by atoms with Crippen LogP contribution in [0.3, 0.4) is 0 Å². The molecule has 1 atom stereocenters. The Morgan fingerprint density at radius 1 is 1.27 bits per heavy atom. The molecule has 4 rings (SSSR count). The molecule has 0 saturated carbocycles. The van der Waals surface area contributed by atoms with Crippen LogP contribution < -0.4 is 14.5 Å². The number of benzene rings is 1. The summed E-state index contributed by atoms with van der Waals surface area (Å²) in [5, 5.41) is 2.97. The predicted molar refractivity (Wildman–Crippen MR) is 115 cm³/mol. The van der Waals surface area contributed by atoms with E-state index in [2.05, 4.69) is 15.2 Å². The third-order valence-electron chi connectivity index (χ3n) is 5.47. The molecule has 0 radical (unpaired) electrons. The minimum atomic E-state index is -3.35. The van der Waals surface area contributed by atoms with Crippen molar-refractivity contribution in [3.8, 4) is 0 Å². The molecule has 2 aliphatic heterocycles. The molecule has 0 aliphatic carbocycles. The first-order chi connectivity index (χ1) is 14.3. The fourth-order valence-corrected chi connectivity index (χ4v) is 5.42. The summed E-state index contributed by atoms with van der Waals surface area (Å²) in [7, 11) is -3.35. The topological polar surface area (TPSA) is 91.8 Å². The van der Waals surface area contributed by atoms with Gasteiger partial charge in [0, 0.05) is 43.0 Å². The number of rotatable bonds is 5. The molecule has 2 aliphatic rings. The number of sulfonamides is 1. The number of hydrogen-bond donors (Lipinski definition) is 1. The van der Waals surface area contributed by atoms with E-state index >= 15 is 0 Å². The summed E-state index contributed by atoms with van der Waals surface area (Å²) in [6, 6.07) is 8.86. The molecule has 0 bridgehead atoms. The first-order valence-corrected chi connectivity index (χ1v) is 11.9. The molecule has 1 aromatic heterocycles. The first kappa shape index (κ1) is 20.6. The van der Waals surface area contributed by atoms with Crippen molar-refractivity contribution < 1.29 is 17.9 Å². The zero-order valence-electron chi connectivity index (χ0n) is 17.2. The second-order valence-electron chi connectivity index (χ2n) is 7.72. The van der Waals surface area contributed by atoms with Crippen molar-refractivity contribution in [3.63, 3.8) is 0 Å². The van der Waals surface area contributed by atoms with Crippen molar-refractivity contribution in [2.24, 2.45) is 0 Å². The first-order valence-electron chi connectivity index (χ1n) is 10.0. The third-order valence-corrected chi connectivity index (χ3v) is 6.74. The SMILES string of the molecule is CC1Cc2cc(C(=O)NCc3cccnc3N3CCOCC3)ccc2N1S(C)(=O)=O. The van der Waals surface area contributed by atoms with Gasteiger partial charge in [-0.1, -0.05) is 6.07 Å². The zero-order chi connectivity index (χ0) is 21.3. The highest BCUT2D eigenvalue weighted by molar-refractivity contribution is 7.92. The normalized spacial score (nSPS) is 18.9. The summed E-state index contributed by atoms with van der Waals surface area (Å²) in [6.07, 6.45) is 3.55. The average molecular weight is 431 g/mol. The van der Waals surface area contributed by atoms with Crippen LogP contribution in [-0.2, 0) is 27.7 Å². The molecule has 3 heterocycles. The number of carbonyl (C=O) groups is 1. The summed E-state index contributed by atoms with van der Waals surface area (Å²) >= 11 is 0. The molecule has 1 saturated heterocycles. The third kappa shape index (κ3) is 4.13. The van der Waals surface area contributed by atoms with Crippen LogP contribution in [0.25, 0.3) is 0 Å². The lowest BCUT2D eigenvalue weighted by Gasteiger charge is -2.29. The van der Waals surface area contributed by atoms with Crippen LogP contribution in [0.4, 0.5) is 11.5 Å². The number of aromatic nitrogens is 1. The Bertz CT molecular complexity index is 1050. The molecule has 160 valence electrons. The number of hydrogen-bond acceptors (Lipinski definition) is 6. The van der Waals surface area contributed by atoms with Gasteiger partial charge in [0.15, 0.2) is 0 Å². The quantitative estimate of drug-likeness (QED) is 0.774. The van der Waals surface area contributed by atoms with Crippen LogP contribution in [0.15, 0.2) is 36.5 Å². The van der Waals surface area contributed by atoms with Crippen molar-refractivity contribution in [3.05, 3.63) is 53.2 Å². The Hall–Kier alpha value is -2.65. The summed E-state index contributed by atoms with van der Waals surface area (Å²) in [5.74, 6) is 0.674. The van der Waals surface area contributed by atoms with Gasteiger partial charge >= 0.3 is 0 Å². The second kappa shape index (κ2) is 8.23. The van der Waals surface area contributed by atoms with Gasteiger partial charge in [-0.2, -0.15) is 0 Å². The van der Waals surface area contributed by atoms with Crippen LogP contribution in [0.1, 0.15) is 28.4 Å². The van der Waals surface area contributed by atoms with Gasteiger partial charge in [-0.15, -0.1) is 0 Å². The van der Waals surface area contributed by atoms with Gasteiger partial charge in [0.1, 0.15) is 5.82 Å². The minimum absolute atomic E-state index is 0.153. The van der Waals surface area contributed by atoms with Crippen LogP contribution in [-0.4, -0.2) is 57.9 Å². The molecular weight excluding hydrogens is 404 g/mol. The Morgan fingerprint density at radius 3 is 2.77 bits per heavy atom. The van der Waals surface area contributed by atoms with Crippen LogP contribution in [0, 0.1) is 0 Å². The smallest absolute Gasteiger partial charge is 0.251 e. The second-order valence-corrected chi connectivity index (χ2v) is 9.58. The van der Waals surface area contributed by atoms with Crippen LogP contribution in [0.5, 0.6) is 0 Å². The molecule has 1 fully saturated rings. The largest absolute Gasteiger partial charge is 0.378 e. The zero-order valence-corrected chi connectivity index (χ0v) is 18.0. The molecule has 2 aromatic rings. The van der Waals surface area contributed by atoms with Gasteiger partial charge < -0.3 is 15.0 Å². The molecule has 1 aromatic carbocycles. The lowest BCUT2D eigenvalue weighted by atomic mass is 10.1. The highest BCUT2D eigenvalue weighted by Gasteiger charge is 2.32. The number of carbonyl (C=O) groups excluding carboxylic acids is 1. The average Bonchev–Trinajstić information content (AvgIpc) is 3.08. The van der Waals surface area contributed by atoms with Gasteiger partial charge in [0.05, 0.1) is 25.2 Å². The van der Waals surface area contributed by atoms with E-state index < -0.39 is 10.0 Å². The number of amides is 1. The van der Waals surface area contributed by atoms with Gasteiger partial charge in [0.2, 0.25) is 10.0 Å². The van der Waals surface area contributed by atoms with E-state index in [0.29, 0.717) is 37.4 Å². The number of nitrogens with zero attached hydrogens (tertiary/aromatic N) is 3. The molecule has 0 spiro atoms. The van der Waals surface area contributed by atoms with Crippen molar-refractivity contribution in [1.29, 1.82) is 0 Å². The maximum Gasteiger partial charge on any atom is 0.251 e. The van der Waals surface area contributed by atoms with Crippen LogP contribution in [0.2, 0.25) is 0 Å². The Labute approximate surface area is 176 Å². The monoisotopic (exact) mass is 430 g/mol. The van der Waals surface area contributed by atoms with Crippen molar-refractivity contribution in [2.75, 3.05) is 41.8 Å². The highest BCUT2D eigenvalue weighted by atomic mass is 32.2. The van der Waals surface area contributed by atoms with Crippen molar-refractivity contribution in [2.45, 2.75) is 25.9 Å². The number of pyridine rings is 1. The summed E-state index contributed by atoms with van der Waals surface area (Å²) in [4.78, 5) is 19.4. The Morgan fingerprint density at radius 2 is 2.03 bits per heavy atom. The molecule has 9 heteroatoms. The predicted octanol–water partition coefficient (Wildman–Crippen LogP) is 1.56. The summed E-state index contributed by atoms with van der Waals surface area (Å²) in [5.41, 5.74) is 3.00. The molecule has 30 heavy (non-hydrogen) atoms. The van der Waals surface area contributed by atoms with E-state index in [1.54, 1.807) is 24.4 Å². The molecule has 1 N–H and O–H groups in total. The molecular formula is C21H26N4O4S. The van der Waals surface area contributed by atoms with Gasteiger partial charge in [-0.3, -0.25) is 9.10 Å². The maximum absolute atomic E-state index is 12.8. The Kier molecular flexibility index (Phi) is 5.66. The summed E-state index contributed by atoms with van der Waals surface area (Å²) in [6.45, 7) is 5.12. The van der Waals surface area contributed by atoms with Gasteiger partial charge in [-0.05, 0) is 43.2 Å². The molecule has 8 nitrogen and oxygen atoms in total. The van der Waals surface area contributed by atoms with E-state index in [9.17, 15) is 13.2 Å².